The summed E-state index contributed by atoms with van der Waals surface area (Å²) in [5, 5.41) is 0.727. The minimum absolute atomic E-state index is 0.552. The van der Waals surface area contributed by atoms with Crippen molar-refractivity contribution in [3.8, 4) is 11.1 Å². The van der Waals surface area contributed by atoms with Gasteiger partial charge in [0.05, 0.1) is 11.1 Å². The molecule has 0 saturated heterocycles. The first kappa shape index (κ1) is 17.3. The molecule has 142 valence electrons. The molecule has 30 heavy (non-hydrogen) atoms. The topological polar surface area (TPSA) is 38.7 Å². The van der Waals surface area contributed by atoms with E-state index in [0.29, 0.717) is 5.65 Å². The maximum absolute atomic E-state index is 6.42. The Labute approximate surface area is 179 Å². The Kier molecular flexibility index (Phi) is 3.74. The average Bonchev–Trinajstić information content (AvgIpc) is 3.10. The van der Waals surface area contributed by atoms with Crippen molar-refractivity contribution in [3.05, 3.63) is 125 Å². The number of halogens is 1. The van der Waals surface area contributed by atoms with Crippen LogP contribution in [0.2, 0.25) is 5.02 Å². The monoisotopic (exact) mass is 405 g/mol. The summed E-state index contributed by atoms with van der Waals surface area (Å²) >= 11 is 6.42. The third-order valence-electron chi connectivity index (χ3n) is 5.93. The van der Waals surface area contributed by atoms with Gasteiger partial charge in [-0.1, -0.05) is 72.3 Å². The Morgan fingerprint density at radius 1 is 0.667 bits per heavy atom. The highest BCUT2D eigenvalue weighted by atomic mass is 35.5. The molecule has 0 amide bonds. The van der Waals surface area contributed by atoms with Gasteiger partial charge in [-0.25, -0.2) is 9.97 Å². The Hall–Kier alpha value is -3.56. The van der Waals surface area contributed by atoms with Crippen LogP contribution in [-0.2, 0) is 5.41 Å². The highest BCUT2D eigenvalue weighted by Crippen LogP contribution is 2.55. The van der Waals surface area contributed by atoms with Gasteiger partial charge in [-0.2, -0.15) is 0 Å². The molecule has 3 aromatic carbocycles. The van der Waals surface area contributed by atoms with Crippen molar-refractivity contribution in [2.24, 2.45) is 0 Å². The van der Waals surface area contributed by atoms with Crippen LogP contribution in [0.1, 0.15) is 22.4 Å². The molecule has 6 rings (SSSR count). The summed E-state index contributed by atoms with van der Waals surface area (Å²) < 4.78 is 0. The van der Waals surface area contributed by atoms with Crippen LogP contribution in [0.5, 0.6) is 0 Å². The van der Waals surface area contributed by atoms with Crippen LogP contribution in [0.25, 0.3) is 22.3 Å². The second kappa shape index (κ2) is 6.48. The maximum Gasteiger partial charge on any atom is 0.178 e. The number of benzene rings is 3. The number of rotatable bonds is 2. The van der Waals surface area contributed by atoms with Gasteiger partial charge >= 0.3 is 0 Å². The molecule has 0 spiro atoms. The first-order chi connectivity index (χ1) is 14.8. The molecule has 3 nitrogen and oxygen atoms in total. The van der Waals surface area contributed by atoms with Crippen molar-refractivity contribution < 1.29 is 0 Å². The molecule has 1 atom stereocenters. The van der Waals surface area contributed by atoms with E-state index in [9.17, 15) is 0 Å². The lowest BCUT2D eigenvalue weighted by atomic mass is 9.70. The van der Waals surface area contributed by atoms with E-state index in [1.54, 1.807) is 12.4 Å². The van der Waals surface area contributed by atoms with E-state index >= 15 is 0 Å². The predicted octanol–water partition coefficient (Wildman–Crippen LogP) is 6.04. The quantitative estimate of drug-likeness (QED) is 0.352. The average molecular weight is 406 g/mol. The zero-order chi connectivity index (χ0) is 20.1. The number of hydrogen-bond donors (Lipinski definition) is 0. The largest absolute Gasteiger partial charge is 0.251 e. The normalized spacial score (nSPS) is 17.0. The maximum atomic E-state index is 6.42. The third kappa shape index (κ3) is 2.30. The molecule has 1 aliphatic rings. The summed E-state index contributed by atoms with van der Waals surface area (Å²) in [4.78, 5) is 13.9. The summed E-state index contributed by atoms with van der Waals surface area (Å²) in [6.45, 7) is 0. The molecule has 1 aliphatic carbocycles. The van der Waals surface area contributed by atoms with Gasteiger partial charge in [0.2, 0.25) is 0 Å². The zero-order valence-electron chi connectivity index (χ0n) is 16.0. The summed E-state index contributed by atoms with van der Waals surface area (Å²) in [5.41, 5.74) is 7.66. The first-order valence-electron chi connectivity index (χ1n) is 9.82. The Balaban J connectivity index is 1.79. The number of aromatic nitrogens is 3. The van der Waals surface area contributed by atoms with E-state index in [-0.39, 0.29) is 0 Å². The van der Waals surface area contributed by atoms with Crippen molar-refractivity contribution in [1.82, 2.24) is 15.0 Å². The van der Waals surface area contributed by atoms with E-state index in [0.717, 1.165) is 27.4 Å². The van der Waals surface area contributed by atoms with Gasteiger partial charge in [0, 0.05) is 17.4 Å². The number of hydrogen-bond acceptors (Lipinski definition) is 3. The highest BCUT2D eigenvalue weighted by molar-refractivity contribution is 6.31. The van der Waals surface area contributed by atoms with Gasteiger partial charge < -0.3 is 0 Å². The SMILES string of the molecule is Clc1ccc2c(c1)-c1ccccc1C2(c1ccccc1)c1ccc2nccnc2n1. The Bertz CT molecular complexity index is 1410. The van der Waals surface area contributed by atoms with Gasteiger partial charge in [-0.15, -0.1) is 0 Å². The summed E-state index contributed by atoms with van der Waals surface area (Å²) in [6.07, 6.45) is 3.38. The molecule has 1 unspecified atom stereocenters. The second-order valence-electron chi connectivity index (χ2n) is 7.45. The van der Waals surface area contributed by atoms with Crippen LogP contribution >= 0.6 is 11.6 Å². The summed E-state index contributed by atoms with van der Waals surface area (Å²) in [7, 11) is 0. The molecule has 5 aromatic rings. The highest BCUT2D eigenvalue weighted by Gasteiger charge is 2.47. The van der Waals surface area contributed by atoms with Crippen molar-refractivity contribution in [2.75, 3.05) is 0 Å². The van der Waals surface area contributed by atoms with Gasteiger partial charge in [0.25, 0.3) is 0 Å². The lowest BCUT2D eigenvalue weighted by Gasteiger charge is -2.32. The first-order valence-corrected chi connectivity index (χ1v) is 10.2. The minimum Gasteiger partial charge on any atom is -0.251 e. The fourth-order valence-electron chi connectivity index (χ4n) is 4.74. The van der Waals surface area contributed by atoms with Gasteiger partial charge in [-0.3, -0.25) is 4.98 Å². The van der Waals surface area contributed by atoms with Crippen LogP contribution in [0.4, 0.5) is 0 Å². The summed E-state index contributed by atoms with van der Waals surface area (Å²) in [6, 6.07) is 29.3. The molecular weight excluding hydrogens is 390 g/mol. The van der Waals surface area contributed by atoms with E-state index in [4.69, 9.17) is 16.6 Å². The Morgan fingerprint density at radius 3 is 2.33 bits per heavy atom. The Morgan fingerprint density at radius 2 is 1.43 bits per heavy atom. The molecule has 2 heterocycles. The van der Waals surface area contributed by atoms with Gasteiger partial charge in [-0.05, 0) is 52.1 Å². The van der Waals surface area contributed by atoms with Crippen LogP contribution in [0, 0.1) is 0 Å². The van der Waals surface area contributed by atoms with Crippen molar-refractivity contribution in [1.29, 1.82) is 0 Å². The zero-order valence-corrected chi connectivity index (χ0v) is 16.7. The molecule has 0 N–H and O–H groups in total. The fraction of sp³-hybridized carbons (Fsp3) is 0.0385. The van der Waals surface area contributed by atoms with Crippen molar-refractivity contribution in [2.45, 2.75) is 5.41 Å². The molecular formula is C26H16ClN3. The molecule has 0 bridgehead atoms. The lowest BCUT2D eigenvalue weighted by molar-refractivity contribution is 0.738. The number of fused-ring (bicyclic) bond motifs is 4. The molecule has 0 saturated carbocycles. The van der Waals surface area contributed by atoms with Crippen LogP contribution in [0.3, 0.4) is 0 Å². The van der Waals surface area contributed by atoms with Gasteiger partial charge in [0.1, 0.15) is 5.52 Å². The minimum atomic E-state index is -0.552. The smallest absolute Gasteiger partial charge is 0.178 e. The van der Waals surface area contributed by atoms with Crippen molar-refractivity contribution >= 4 is 22.8 Å². The van der Waals surface area contributed by atoms with Crippen molar-refractivity contribution in [3.63, 3.8) is 0 Å². The fourth-order valence-corrected chi connectivity index (χ4v) is 4.91. The van der Waals surface area contributed by atoms with Crippen LogP contribution in [0.15, 0.2) is 97.3 Å². The molecule has 4 heteroatoms. The number of pyridine rings is 1. The molecule has 0 aliphatic heterocycles. The van der Waals surface area contributed by atoms with E-state index in [1.165, 1.54) is 16.7 Å². The standard InChI is InChI=1S/C26H16ClN3/c27-18-10-11-22-20(16-18)19-8-4-5-9-21(19)26(22,17-6-2-1-3-7-17)24-13-12-23-25(30-24)29-15-14-28-23/h1-16H. The van der Waals surface area contributed by atoms with Gasteiger partial charge in [0.15, 0.2) is 5.65 Å². The molecule has 0 fully saturated rings. The summed E-state index contributed by atoms with van der Waals surface area (Å²) in [5.74, 6) is 0. The second-order valence-corrected chi connectivity index (χ2v) is 7.88. The number of nitrogens with zero attached hydrogens (tertiary/aromatic N) is 3. The van der Waals surface area contributed by atoms with E-state index in [2.05, 4.69) is 76.7 Å². The predicted molar refractivity (Wildman–Crippen MR) is 120 cm³/mol. The molecule has 0 radical (unpaired) electrons. The van der Waals surface area contributed by atoms with Crippen LogP contribution < -0.4 is 0 Å². The van der Waals surface area contributed by atoms with E-state index < -0.39 is 5.41 Å². The van der Waals surface area contributed by atoms with Crippen LogP contribution in [-0.4, -0.2) is 15.0 Å². The molecule has 2 aromatic heterocycles. The lowest BCUT2D eigenvalue weighted by Crippen LogP contribution is -2.29. The van der Waals surface area contributed by atoms with E-state index in [1.807, 2.05) is 18.2 Å². The third-order valence-corrected chi connectivity index (χ3v) is 6.16.